The monoisotopic (exact) mass is 300 g/mol. The highest BCUT2D eigenvalue weighted by Crippen LogP contribution is 2.15. The molecular formula is C16H16N2O2S. The average Bonchev–Trinajstić information content (AvgIpc) is 2.98. The molecule has 0 bridgehead atoms. The van der Waals surface area contributed by atoms with Crippen molar-refractivity contribution in [3.8, 4) is 11.8 Å². The van der Waals surface area contributed by atoms with Gasteiger partial charge in [0.05, 0.1) is 23.3 Å². The first-order valence-corrected chi connectivity index (χ1v) is 7.39. The van der Waals surface area contributed by atoms with Crippen molar-refractivity contribution in [2.45, 2.75) is 13.5 Å². The number of hydrogen-bond donors (Lipinski definition) is 1. The zero-order valence-electron chi connectivity index (χ0n) is 12.0. The van der Waals surface area contributed by atoms with Crippen molar-refractivity contribution in [2.75, 3.05) is 13.7 Å². The second-order valence-electron chi connectivity index (χ2n) is 4.65. The number of nitrogens with zero attached hydrogens (tertiary/aromatic N) is 2. The fourth-order valence-electron chi connectivity index (χ4n) is 1.91. The van der Waals surface area contributed by atoms with Crippen LogP contribution in [0.25, 0.3) is 0 Å². The summed E-state index contributed by atoms with van der Waals surface area (Å²) >= 11 is 1.51. The smallest absolute Gasteiger partial charge is 0.255 e. The van der Waals surface area contributed by atoms with Gasteiger partial charge < -0.3 is 10.0 Å². The third-order valence-electron chi connectivity index (χ3n) is 2.94. The first-order chi connectivity index (χ1) is 10.1. The number of thiazole rings is 1. The van der Waals surface area contributed by atoms with Crippen LogP contribution in [0, 0.1) is 18.8 Å². The van der Waals surface area contributed by atoms with E-state index in [1.807, 2.05) is 30.5 Å². The van der Waals surface area contributed by atoms with E-state index in [4.69, 9.17) is 5.11 Å². The topological polar surface area (TPSA) is 53.4 Å². The first-order valence-electron chi connectivity index (χ1n) is 6.44. The summed E-state index contributed by atoms with van der Waals surface area (Å²) in [5.74, 6) is 5.31. The standard InChI is InChI=1S/C16H16N2O2S/c1-12-5-6-13(4-3-7-19)15(8-12)16(20)18(2)9-14-10-21-11-17-14/h5-6,8,10-11,19H,7,9H2,1-2H3. The highest BCUT2D eigenvalue weighted by molar-refractivity contribution is 7.07. The van der Waals surface area contributed by atoms with Crippen LogP contribution >= 0.6 is 11.3 Å². The van der Waals surface area contributed by atoms with E-state index >= 15 is 0 Å². The highest BCUT2D eigenvalue weighted by atomic mass is 32.1. The van der Waals surface area contributed by atoms with E-state index < -0.39 is 0 Å². The van der Waals surface area contributed by atoms with Crippen LogP contribution in [-0.4, -0.2) is 34.6 Å². The summed E-state index contributed by atoms with van der Waals surface area (Å²) in [5.41, 5.74) is 4.79. The zero-order valence-corrected chi connectivity index (χ0v) is 12.8. The fourth-order valence-corrected chi connectivity index (χ4v) is 2.46. The van der Waals surface area contributed by atoms with Gasteiger partial charge in [-0.1, -0.05) is 23.5 Å². The molecule has 0 aliphatic carbocycles. The zero-order chi connectivity index (χ0) is 15.2. The number of aromatic nitrogens is 1. The number of carbonyl (C=O) groups excluding carboxylic acids is 1. The van der Waals surface area contributed by atoms with Crippen molar-refractivity contribution >= 4 is 17.2 Å². The third-order valence-corrected chi connectivity index (χ3v) is 3.57. The Morgan fingerprint density at radius 2 is 2.29 bits per heavy atom. The number of aryl methyl sites for hydroxylation is 1. The minimum Gasteiger partial charge on any atom is -0.384 e. The maximum Gasteiger partial charge on any atom is 0.255 e. The Hall–Kier alpha value is -2.16. The van der Waals surface area contributed by atoms with E-state index in [9.17, 15) is 4.79 Å². The van der Waals surface area contributed by atoms with Crippen molar-refractivity contribution in [3.63, 3.8) is 0 Å². The number of hydrogen-bond acceptors (Lipinski definition) is 4. The van der Waals surface area contributed by atoms with Gasteiger partial charge in [-0.3, -0.25) is 4.79 Å². The molecule has 0 saturated carbocycles. The van der Waals surface area contributed by atoms with Crippen LogP contribution in [0.4, 0.5) is 0 Å². The first kappa shape index (κ1) is 15.2. The Kier molecular flexibility index (Phi) is 5.09. The van der Waals surface area contributed by atoms with Gasteiger partial charge in [-0.05, 0) is 19.1 Å². The summed E-state index contributed by atoms with van der Waals surface area (Å²) in [6.07, 6.45) is 0. The second-order valence-corrected chi connectivity index (χ2v) is 5.37. The van der Waals surface area contributed by atoms with Crippen LogP contribution < -0.4 is 0 Å². The molecule has 108 valence electrons. The van der Waals surface area contributed by atoms with Crippen LogP contribution in [-0.2, 0) is 6.54 Å². The van der Waals surface area contributed by atoms with E-state index in [1.54, 1.807) is 17.5 Å². The molecule has 0 radical (unpaired) electrons. The molecule has 4 nitrogen and oxygen atoms in total. The van der Waals surface area contributed by atoms with E-state index in [0.717, 1.165) is 11.3 Å². The number of carbonyl (C=O) groups is 1. The van der Waals surface area contributed by atoms with Crippen LogP contribution in [0.15, 0.2) is 29.1 Å². The van der Waals surface area contributed by atoms with Gasteiger partial charge in [0.2, 0.25) is 0 Å². The van der Waals surface area contributed by atoms with Crippen molar-refractivity contribution in [2.24, 2.45) is 0 Å². The molecule has 0 aliphatic heterocycles. The minimum absolute atomic E-state index is 0.103. The van der Waals surface area contributed by atoms with Gasteiger partial charge in [-0.2, -0.15) is 0 Å². The lowest BCUT2D eigenvalue weighted by atomic mass is 10.0. The lowest BCUT2D eigenvalue weighted by Gasteiger charge is -2.17. The maximum absolute atomic E-state index is 12.6. The number of aliphatic hydroxyl groups is 1. The maximum atomic E-state index is 12.6. The van der Waals surface area contributed by atoms with Gasteiger partial charge >= 0.3 is 0 Å². The summed E-state index contributed by atoms with van der Waals surface area (Å²) in [7, 11) is 1.74. The molecule has 2 rings (SSSR count). The molecule has 0 fully saturated rings. The summed E-state index contributed by atoms with van der Waals surface area (Å²) in [5, 5.41) is 10.7. The van der Waals surface area contributed by atoms with Crippen LogP contribution in [0.1, 0.15) is 27.2 Å². The molecule has 1 amide bonds. The SMILES string of the molecule is Cc1ccc(C#CCO)c(C(=O)N(C)Cc2cscn2)c1. The Morgan fingerprint density at radius 1 is 1.48 bits per heavy atom. The van der Waals surface area contributed by atoms with Crippen LogP contribution in [0.2, 0.25) is 0 Å². The van der Waals surface area contributed by atoms with Crippen LogP contribution in [0.3, 0.4) is 0 Å². The molecule has 21 heavy (non-hydrogen) atoms. The molecule has 0 saturated heterocycles. The quantitative estimate of drug-likeness (QED) is 0.883. The molecular weight excluding hydrogens is 284 g/mol. The van der Waals surface area contributed by atoms with Gasteiger partial charge in [0, 0.05) is 18.0 Å². The Labute approximate surface area is 128 Å². The van der Waals surface area contributed by atoms with E-state index in [0.29, 0.717) is 17.7 Å². The summed E-state index contributed by atoms with van der Waals surface area (Å²) in [6, 6.07) is 5.53. The van der Waals surface area contributed by atoms with Gasteiger partial charge in [0.25, 0.3) is 5.91 Å². The Morgan fingerprint density at radius 3 is 2.95 bits per heavy atom. The van der Waals surface area contributed by atoms with Crippen molar-refractivity contribution in [1.29, 1.82) is 0 Å². The summed E-state index contributed by atoms with van der Waals surface area (Å²) in [4.78, 5) is 18.4. The fraction of sp³-hybridized carbons (Fsp3) is 0.250. The van der Waals surface area contributed by atoms with E-state index in [2.05, 4.69) is 16.8 Å². The number of amides is 1. The molecule has 1 aromatic heterocycles. The summed E-state index contributed by atoms with van der Waals surface area (Å²) in [6.45, 7) is 2.17. The molecule has 5 heteroatoms. The predicted molar refractivity (Wildman–Crippen MR) is 83.1 cm³/mol. The molecule has 2 aromatic rings. The molecule has 1 N–H and O–H groups in total. The molecule has 0 unspecified atom stereocenters. The van der Waals surface area contributed by atoms with Gasteiger partial charge in [-0.15, -0.1) is 11.3 Å². The molecule has 0 spiro atoms. The molecule has 0 atom stereocenters. The highest BCUT2D eigenvalue weighted by Gasteiger charge is 2.16. The van der Waals surface area contributed by atoms with Gasteiger partial charge in [0.15, 0.2) is 0 Å². The van der Waals surface area contributed by atoms with Crippen LogP contribution in [0.5, 0.6) is 0 Å². The van der Waals surface area contributed by atoms with Gasteiger partial charge in [0.1, 0.15) is 6.61 Å². The van der Waals surface area contributed by atoms with E-state index in [1.165, 1.54) is 11.3 Å². The normalized spacial score (nSPS) is 9.86. The number of rotatable bonds is 3. The second kappa shape index (κ2) is 7.02. The number of aliphatic hydroxyl groups excluding tert-OH is 1. The molecule has 1 aromatic carbocycles. The lowest BCUT2D eigenvalue weighted by molar-refractivity contribution is 0.0783. The van der Waals surface area contributed by atoms with E-state index in [-0.39, 0.29) is 12.5 Å². The number of benzene rings is 1. The molecule has 1 heterocycles. The lowest BCUT2D eigenvalue weighted by Crippen LogP contribution is -2.27. The van der Waals surface area contributed by atoms with Crippen molar-refractivity contribution in [3.05, 3.63) is 51.5 Å². The Balaban J connectivity index is 2.26. The molecule has 0 aliphatic rings. The third kappa shape index (κ3) is 3.91. The minimum atomic E-state index is -0.226. The van der Waals surface area contributed by atoms with Crippen molar-refractivity contribution < 1.29 is 9.90 Å². The predicted octanol–water partition coefficient (Wildman–Crippen LogP) is 2.07. The summed E-state index contributed by atoms with van der Waals surface area (Å²) < 4.78 is 0. The Bertz CT molecular complexity index is 684. The average molecular weight is 300 g/mol. The largest absolute Gasteiger partial charge is 0.384 e. The van der Waals surface area contributed by atoms with Gasteiger partial charge in [-0.25, -0.2) is 4.98 Å². The van der Waals surface area contributed by atoms with Crippen molar-refractivity contribution in [1.82, 2.24) is 9.88 Å².